The van der Waals surface area contributed by atoms with Crippen LogP contribution in [0.2, 0.25) is 0 Å². The third-order valence-corrected chi connectivity index (χ3v) is 4.93. The Kier molecular flexibility index (Phi) is 3.43. The second kappa shape index (κ2) is 4.86. The molecule has 0 aliphatic carbocycles. The molecule has 1 aromatic rings. The molecule has 0 spiro atoms. The molecule has 96 valence electrons. The Labute approximate surface area is 107 Å². The van der Waals surface area contributed by atoms with E-state index in [9.17, 15) is 8.42 Å². The summed E-state index contributed by atoms with van der Waals surface area (Å²) in [5.74, 6) is 0.630. The molecule has 5 nitrogen and oxygen atoms in total. The van der Waals surface area contributed by atoms with Crippen molar-refractivity contribution in [2.45, 2.75) is 6.42 Å². The van der Waals surface area contributed by atoms with Crippen LogP contribution in [0.15, 0.2) is 18.2 Å². The van der Waals surface area contributed by atoms with Gasteiger partial charge in [-0.25, -0.2) is 8.42 Å². The lowest BCUT2D eigenvalue weighted by Crippen LogP contribution is -2.16. The van der Waals surface area contributed by atoms with Crippen LogP contribution < -0.4 is 11.1 Å². The molecule has 18 heavy (non-hydrogen) atoms. The number of benzene rings is 1. The van der Waals surface area contributed by atoms with Crippen LogP contribution in [0.25, 0.3) is 0 Å². The Morgan fingerprint density at radius 1 is 1.50 bits per heavy atom. The van der Waals surface area contributed by atoms with Gasteiger partial charge in [-0.15, -0.1) is 0 Å². The summed E-state index contributed by atoms with van der Waals surface area (Å²) in [7, 11) is -2.85. The van der Waals surface area contributed by atoms with E-state index >= 15 is 0 Å². The second-order valence-electron chi connectivity index (χ2n) is 4.56. The van der Waals surface area contributed by atoms with Gasteiger partial charge in [-0.1, -0.05) is 0 Å². The number of nitrogens with one attached hydrogen (secondary N) is 1. The van der Waals surface area contributed by atoms with Crippen LogP contribution in [0.5, 0.6) is 0 Å². The Bertz CT molecular complexity index is 590. The molecule has 1 aromatic carbocycles. The van der Waals surface area contributed by atoms with Crippen molar-refractivity contribution in [3.63, 3.8) is 0 Å². The van der Waals surface area contributed by atoms with Crippen LogP contribution in [0, 0.1) is 17.2 Å². The predicted octanol–water partition coefficient (Wildman–Crippen LogP) is 0.987. The van der Waals surface area contributed by atoms with Crippen LogP contribution in [-0.4, -0.2) is 26.5 Å². The molecule has 1 unspecified atom stereocenters. The first-order valence-electron chi connectivity index (χ1n) is 5.74. The van der Waals surface area contributed by atoms with Crippen LogP contribution in [0.1, 0.15) is 12.0 Å². The van der Waals surface area contributed by atoms with Gasteiger partial charge in [0.25, 0.3) is 0 Å². The number of anilines is 2. The molecule has 3 N–H and O–H groups in total. The molecule has 1 aliphatic rings. The molecule has 1 aliphatic heterocycles. The van der Waals surface area contributed by atoms with Crippen molar-refractivity contribution in [3.8, 4) is 6.07 Å². The number of hydrogen-bond acceptors (Lipinski definition) is 5. The zero-order valence-electron chi connectivity index (χ0n) is 9.89. The molecule has 1 atom stereocenters. The number of nitrogens with zero attached hydrogens (tertiary/aromatic N) is 1. The van der Waals surface area contributed by atoms with Gasteiger partial charge in [-0.2, -0.15) is 5.26 Å². The lowest BCUT2D eigenvalue weighted by molar-refractivity contribution is 0.596. The molecule has 0 aromatic heterocycles. The summed E-state index contributed by atoms with van der Waals surface area (Å²) in [5.41, 5.74) is 7.58. The fraction of sp³-hybridized carbons (Fsp3) is 0.417. The van der Waals surface area contributed by atoms with Crippen LogP contribution in [0.4, 0.5) is 11.4 Å². The molecular weight excluding hydrogens is 250 g/mol. The van der Waals surface area contributed by atoms with E-state index in [0.29, 0.717) is 29.9 Å². The van der Waals surface area contributed by atoms with Crippen molar-refractivity contribution in [3.05, 3.63) is 23.8 Å². The van der Waals surface area contributed by atoms with Crippen LogP contribution in [0.3, 0.4) is 0 Å². The van der Waals surface area contributed by atoms with Gasteiger partial charge in [0.05, 0.1) is 34.5 Å². The van der Waals surface area contributed by atoms with Gasteiger partial charge in [-0.3, -0.25) is 0 Å². The van der Waals surface area contributed by atoms with Gasteiger partial charge < -0.3 is 11.1 Å². The Morgan fingerprint density at radius 3 is 2.89 bits per heavy atom. The van der Waals surface area contributed by atoms with Crippen molar-refractivity contribution in [2.75, 3.05) is 29.1 Å². The zero-order chi connectivity index (χ0) is 13.2. The summed E-state index contributed by atoms with van der Waals surface area (Å²) >= 11 is 0. The summed E-state index contributed by atoms with van der Waals surface area (Å²) in [5, 5.41) is 11.9. The number of nitrogen functional groups attached to an aromatic ring is 1. The predicted molar refractivity (Wildman–Crippen MR) is 70.8 cm³/mol. The second-order valence-corrected chi connectivity index (χ2v) is 6.79. The smallest absolute Gasteiger partial charge is 0.150 e. The maximum Gasteiger partial charge on any atom is 0.150 e. The first-order valence-corrected chi connectivity index (χ1v) is 7.56. The molecule has 0 amide bonds. The number of nitrogens with two attached hydrogens (primary N) is 1. The highest BCUT2D eigenvalue weighted by Gasteiger charge is 2.27. The third kappa shape index (κ3) is 2.93. The number of sulfone groups is 1. The van der Waals surface area contributed by atoms with Crippen molar-refractivity contribution >= 4 is 21.2 Å². The quantitative estimate of drug-likeness (QED) is 0.794. The molecule has 2 rings (SSSR count). The fourth-order valence-corrected chi connectivity index (χ4v) is 3.93. The Morgan fingerprint density at radius 2 is 2.28 bits per heavy atom. The molecule has 1 fully saturated rings. The number of rotatable bonds is 3. The summed E-state index contributed by atoms with van der Waals surface area (Å²) in [6, 6.07) is 7.05. The van der Waals surface area contributed by atoms with Crippen molar-refractivity contribution in [1.29, 1.82) is 5.26 Å². The minimum absolute atomic E-state index is 0.125. The van der Waals surface area contributed by atoms with Gasteiger partial charge in [-0.05, 0) is 30.5 Å². The van der Waals surface area contributed by atoms with E-state index in [1.54, 1.807) is 18.2 Å². The largest absolute Gasteiger partial charge is 0.397 e. The SMILES string of the molecule is N#Cc1ccc(N)c(NCC2CCS(=O)(=O)C2)c1. The topological polar surface area (TPSA) is 96.0 Å². The van der Waals surface area contributed by atoms with Gasteiger partial charge in [0, 0.05) is 6.54 Å². The van der Waals surface area contributed by atoms with E-state index in [1.165, 1.54) is 0 Å². The average Bonchev–Trinajstić information content (AvgIpc) is 2.68. The third-order valence-electron chi connectivity index (χ3n) is 3.09. The monoisotopic (exact) mass is 265 g/mol. The molecular formula is C12H15N3O2S. The van der Waals surface area contributed by atoms with Gasteiger partial charge >= 0.3 is 0 Å². The highest BCUT2D eigenvalue weighted by atomic mass is 32.2. The average molecular weight is 265 g/mol. The highest BCUT2D eigenvalue weighted by Crippen LogP contribution is 2.23. The van der Waals surface area contributed by atoms with Crippen molar-refractivity contribution < 1.29 is 8.42 Å². The molecule has 0 saturated carbocycles. The highest BCUT2D eigenvalue weighted by molar-refractivity contribution is 7.91. The normalized spacial score (nSPS) is 21.4. The van der Waals surface area contributed by atoms with E-state index < -0.39 is 9.84 Å². The summed E-state index contributed by atoms with van der Waals surface area (Å²) < 4.78 is 22.6. The van der Waals surface area contributed by atoms with E-state index in [-0.39, 0.29) is 17.4 Å². The summed E-state index contributed by atoms with van der Waals surface area (Å²) in [6.07, 6.45) is 0.688. The lowest BCUT2D eigenvalue weighted by Gasteiger charge is -2.12. The number of hydrogen-bond donors (Lipinski definition) is 2. The summed E-state index contributed by atoms with van der Waals surface area (Å²) in [4.78, 5) is 0. The maximum atomic E-state index is 11.3. The standard InChI is InChI=1S/C12H15N3O2S/c13-6-9-1-2-11(14)12(5-9)15-7-10-3-4-18(16,17)8-10/h1-2,5,10,15H,3-4,7-8,14H2. The van der Waals surface area contributed by atoms with Crippen LogP contribution in [-0.2, 0) is 9.84 Å². The number of nitriles is 1. The van der Waals surface area contributed by atoms with Crippen molar-refractivity contribution in [1.82, 2.24) is 0 Å². The van der Waals surface area contributed by atoms with Crippen LogP contribution >= 0.6 is 0 Å². The molecule has 0 bridgehead atoms. The minimum Gasteiger partial charge on any atom is -0.397 e. The Hall–Kier alpha value is -1.74. The van der Waals surface area contributed by atoms with E-state index in [0.717, 1.165) is 0 Å². The van der Waals surface area contributed by atoms with E-state index in [2.05, 4.69) is 5.32 Å². The Balaban J connectivity index is 2.01. The zero-order valence-corrected chi connectivity index (χ0v) is 10.7. The summed E-state index contributed by atoms with van der Waals surface area (Å²) in [6.45, 7) is 0.568. The molecule has 1 saturated heterocycles. The fourth-order valence-electron chi connectivity index (χ4n) is 2.07. The van der Waals surface area contributed by atoms with Gasteiger partial charge in [0.15, 0.2) is 9.84 Å². The first-order chi connectivity index (χ1) is 8.50. The minimum atomic E-state index is -2.85. The molecule has 1 heterocycles. The van der Waals surface area contributed by atoms with E-state index in [4.69, 9.17) is 11.0 Å². The molecule has 0 radical (unpaired) electrons. The first kappa shape index (κ1) is 12.7. The molecule has 6 heteroatoms. The van der Waals surface area contributed by atoms with Gasteiger partial charge in [0.2, 0.25) is 0 Å². The lowest BCUT2D eigenvalue weighted by atomic mass is 10.1. The maximum absolute atomic E-state index is 11.3. The van der Waals surface area contributed by atoms with Gasteiger partial charge in [0.1, 0.15) is 0 Å². The van der Waals surface area contributed by atoms with Crippen molar-refractivity contribution in [2.24, 2.45) is 5.92 Å². The van der Waals surface area contributed by atoms with E-state index in [1.807, 2.05) is 6.07 Å².